The second kappa shape index (κ2) is 57.4. The minimum Gasteiger partial charge on any atom is -0.466 e. The molecular formula is C62H115NO5. The molecule has 398 valence electrons. The monoisotopic (exact) mass is 954 g/mol. The van der Waals surface area contributed by atoms with Gasteiger partial charge in [0.1, 0.15) is 0 Å². The summed E-state index contributed by atoms with van der Waals surface area (Å²) < 4.78 is 5.49. The molecule has 0 fully saturated rings. The summed E-state index contributed by atoms with van der Waals surface area (Å²) in [7, 11) is 0. The molecule has 0 radical (unpaired) electrons. The Kier molecular flexibility index (Phi) is 55.6. The van der Waals surface area contributed by atoms with E-state index in [1.807, 2.05) is 6.08 Å². The smallest absolute Gasteiger partial charge is 0.305 e. The second-order valence-electron chi connectivity index (χ2n) is 20.3. The van der Waals surface area contributed by atoms with E-state index in [1.54, 1.807) is 6.08 Å². The van der Waals surface area contributed by atoms with Gasteiger partial charge in [0.05, 0.1) is 25.4 Å². The summed E-state index contributed by atoms with van der Waals surface area (Å²) in [4.78, 5) is 24.5. The number of aliphatic hydroxyl groups excluding tert-OH is 2. The Labute approximate surface area is 423 Å². The average molecular weight is 955 g/mol. The molecule has 0 aliphatic rings. The quantitative estimate of drug-likeness (QED) is 0.0321. The second-order valence-corrected chi connectivity index (χ2v) is 20.3. The van der Waals surface area contributed by atoms with Crippen molar-refractivity contribution in [2.45, 2.75) is 321 Å². The molecule has 6 heteroatoms. The summed E-state index contributed by atoms with van der Waals surface area (Å²) >= 11 is 0. The van der Waals surface area contributed by atoms with E-state index in [9.17, 15) is 19.8 Å². The van der Waals surface area contributed by atoms with E-state index in [1.165, 1.54) is 225 Å². The molecule has 2 unspecified atom stereocenters. The van der Waals surface area contributed by atoms with Crippen LogP contribution in [0.1, 0.15) is 309 Å². The van der Waals surface area contributed by atoms with Crippen molar-refractivity contribution < 1.29 is 24.5 Å². The van der Waals surface area contributed by atoms with E-state index in [2.05, 4.69) is 55.6 Å². The van der Waals surface area contributed by atoms with Crippen LogP contribution >= 0.6 is 0 Å². The number of ether oxygens (including phenoxy) is 1. The maximum absolute atomic E-state index is 12.4. The third-order valence-corrected chi connectivity index (χ3v) is 13.6. The zero-order valence-corrected chi connectivity index (χ0v) is 45.3. The summed E-state index contributed by atoms with van der Waals surface area (Å²) in [6.45, 7) is 4.86. The first kappa shape index (κ1) is 65.8. The van der Waals surface area contributed by atoms with Crippen LogP contribution in [-0.4, -0.2) is 47.4 Å². The molecule has 2 atom stereocenters. The van der Waals surface area contributed by atoms with Gasteiger partial charge < -0.3 is 20.3 Å². The van der Waals surface area contributed by atoms with Crippen LogP contribution in [0.25, 0.3) is 0 Å². The Balaban J connectivity index is 3.45. The number of unbranched alkanes of at least 4 members (excludes halogenated alkanes) is 38. The number of hydrogen-bond donors (Lipinski definition) is 3. The van der Waals surface area contributed by atoms with Gasteiger partial charge in [-0.15, -0.1) is 0 Å². The van der Waals surface area contributed by atoms with Gasteiger partial charge in [-0.05, 0) is 89.9 Å². The molecule has 0 rings (SSSR count). The highest BCUT2D eigenvalue weighted by atomic mass is 16.5. The normalized spacial score (nSPS) is 12.9. The van der Waals surface area contributed by atoms with E-state index < -0.39 is 12.1 Å². The third kappa shape index (κ3) is 53.2. The van der Waals surface area contributed by atoms with Crippen LogP contribution in [0.2, 0.25) is 0 Å². The molecule has 0 heterocycles. The van der Waals surface area contributed by atoms with Crippen molar-refractivity contribution in [3.05, 3.63) is 48.6 Å². The maximum atomic E-state index is 12.4. The molecule has 68 heavy (non-hydrogen) atoms. The van der Waals surface area contributed by atoms with Crippen molar-refractivity contribution in [3.63, 3.8) is 0 Å². The Hall–Kier alpha value is -2.18. The summed E-state index contributed by atoms with van der Waals surface area (Å²) in [5, 5.41) is 23.1. The van der Waals surface area contributed by atoms with Crippen LogP contribution in [0.4, 0.5) is 0 Å². The molecule has 0 aliphatic carbocycles. The Morgan fingerprint density at radius 1 is 0.412 bits per heavy atom. The van der Waals surface area contributed by atoms with E-state index in [-0.39, 0.29) is 18.5 Å². The lowest BCUT2D eigenvalue weighted by molar-refractivity contribution is -0.143. The van der Waals surface area contributed by atoms with Crippen molar-refractivity contribution in [2.24, 2.45) is 0 Å². The number of nitrogens with one attached hydrogen (secondary N) is 1. The van der Waals surface area contributed by atoms with Crippen LogP contribution < -0.4 is 5.32 Å². The summed E-state index contributed by atoms with van der Waals surface area (Å²) in [5.41, 5.74) is 0. The molecule has 0 aliphatic heterocycles. The van der Waals surface area contributed by atoms with Crippen molar-refractivity contribution in [2.75, 3.05) is 13.2 Å². The van der Waals surface area contributed by atoms with E-state index in [4.69, 9.17) is 4.74 Å². The molecule has 0 aromatic carbocycles. The summed E-state index contributed by atoms with van der Waals surface area (Å²) in [5.74, 6) is -0.0794. The van der Waals surface area contributed by atoms with Gasteiger partial charge in [0.2, 0.25) is 5.91 Å². The number of carbonyl (C=O) groups is 2. The molecule has 0 bridgehead atoms. The van der Waals surface area contributed by atoms with Gasteiger partial charge in [-0.25, -0.2) is 0 Å². The summed E-state index contributed by atoms with van der Waals surface area (Å²) in [6, 6.07) is -0.635. The topological polar surface area (TPSA) is 95.9 Å². The zero-order valence-electron chi connectivity index (χ0n) is 45.3. The summed E-state index contributed by atoms with van der Waals surface area (Å²) in [6.07, 6.45) is 72.8. The third-order valence-electron chi connectivity index (χ3n) is 13.6. The van der Waals surface area contributed by atoms with Gasteiger partial charge in [-0.1, -0.05) is 255 Å². The number of allylic oxidation sites excluding steroid dienone is 7. The van der Waals surface area contributed by atoms with E-state index >= 15 is 0 Å². The number of esters is 1. The standard InChI is InChI=1S/C62H115NO5/c1-3-5-7-9-11-13-15-17-18-19-21-25-28-32-36-40-44-48-52-56-62(67)68-57-53-49-45-41-37-33-29-26-23-20-22-24-27-31-35-39-43-47-51-55-61(66)63-59(58-64)60(65)54-50-46-42-38-34-30-16-14-12-10-8-6-4-2/h11,13,17-18,20,22,50,54,59-60,64-65H,3-10,12,14-16,19,21,23-49,51-53,55-58H2,1-2H3,(H,63,66)/b13-11-,18-17-,22-20-,54-50+. The molecule has 0 saturated carbocycles. The Bertz CT molecular complexity index is 1150. The van der Waals surface area contributed by atoms with Gasteiger partial charge in [0.25, 0.3) is 0 Å². The predicted molar refractivity (Wildman–Crippen MR) is 296 cm³/mol. The Morgan fingerprint density at radius 2 is 0.735 bits per heavy atom. The SMILES string of the molecule is CCCCC/C=C\C/C=C\CCCCCCCCCCCC(=O)OCCCCCCCCCC/C=C\CCCCCCCCCC(=O)NC(CO)C(O)/C=C/CCCCCCCCCCCCC. The van der Waals surface area contributed by atoms with E-state index in [0.29, 0.717) is 19.4 Å². The highest BCUT2D eigenvalue weighted by Crippen LogP contribution is 2.16. The lowest BCUT2D eigenvalue weighted by Crippen LogP contribution is -2.45. The molecule has 3 N–H and O–H groups in total. The van der Waals surface area contributed by atoms with Gasteiger partial charge in [0, 0.05) is 12.8 Å². The van der Waals surface area contributed by atoms with Gasteiger partial charge in [0.15, 0.2) is 0 Å². The first-order valence-electron chi connectivity index (χ1n) is 29.9. The Morgan fingerprint density at radius 3 is 1.16 bits per heavy atom. The van der Waals surface area contributed by atoms with Crippen molar-refractivity contribution in [1.29, 1.82) is 0 Å². The van der Waals surface area contributed by atoms with Crippen LogP contribution in [0.15, 0.2) is 48.6 Å². The minimum absolute atomic E-state index is 0.00104. The predicted octanol–water partition coefficient (Wildman–Crippen LogP) is 18.6. The fourth-order valence-corrected chi connectivity index (χ4v) is 8.95. The average Bonchev–Trinajstić information content (AvgIpc) is 3.34. The molecule has 0 aromatic rings. The number of amides is 1. The zero-order chi connectivity index (χ0) is 49.3. The van der Waals surface area contributed by atoms with Crippen molar-refractivity contribution in [1.82, 2.24) is 5.32 Å². The molecule has 0 aromatic heterocycles. The molecule has 1 amide bonds. The minimum atomic E-state index is -0.851. The van der Waals surface area contributed by atoms with Crippen LogP contribution in [0, 0.1) is 0 Å². The lowest BCUT2D eigenvalue weighted by atomic mass is 10.0. The van der Waals surface area contributed by atoms with E-state index in [0.717, 1.165) is 57.8 Å². The van der Waals surface area contributed by atoms with Crippen molar-refractivity contribution in [3.8, 4) is 0 Å². The van der Waals surface area contributed by atoms with Gasteiger partial charge in [-0.2, -0.15) is 0 Å². The highest BCUT2D eigenvalue weighted by Gasteiger charge is 2.18. The fraction of sp³-hybridized carbons (Fsp3) is 0.839. The van der Waals surface area contributed by atoms with Crippen LogP contribution in [-0.2, 0) is 14.3 Å². The van der Waals surface area contributed by atoms with Gasteiger partial charge >= 0.3 is 5.97 Å². The fourth-order valence-electron chi connectivity index (χ4n) is 8.95. The number of carbonyl (C=O) groups excluding carboxylic acids is 2. The first-order valence-corrected chi connectivity index (χ1v) is 29.9. The largest absolute Gasteiger partial charge is 0.466 e. The molecular weight excluding hydrogens is 839 g/mol. The van der Waals surface area contributed by atoms with Gasteiger partial charge in [-0.3, -0.25) is 9.59 Å². The number of aliphatic hydroxyl groups is 2. The highest BCUT2D eigenvalue weighted by molar-refractivity contribution is 5.76. The van der Waals surface area contributed by atoms with Crippen LogP contribution in [0.3, 0.4) is 0 Å². The van der Waals surface area contributed by atoms with Crippen molar-refractivity contribution >= 4 is 11.9 Å². The lowest BCUT2D eigenvalue weighted by Gasteiger charge is -2.20. The van der Waals surface area contributed by atoms with Crippen LogP contribution in [0.5, 0.6) is 0 Å². The first-order chi connectivity index (χ1) is 33.5. The molecule has 6 nitrogen and oxygen atoms in total. The molecule has 0 saturated heterocycles. The number of hydrogen-bond acceptors (Lipinski definition) is 5. The number of rotatable bonds is 55. The molecule has 0 spiro atoms. The maximum Gasteiger partial charge on any atom is 0.305 e.